The molecule has 8 heteroatoms. The molecule has 1 atom stereocenters. The second-order valence-corrected chi connectivity index (χ2v) is 4.32. The number of aliphatic carboxylic acids is 1. The summed E-state index contributed by atoms with van der Waals surface area (Å²) in [7, 11) is 0. The highest BCUT2D eigenvalue weighted by Gasteiger charge is 2.24. The molecule has 1 rings (SSSR count). The molecule has 1 aromatic carbocycles. The van der Waals surface area contributed by atoms with Crippen LogP contribution in [0.4, 0.5) is 17.6 Å². The number of carboxylic acid groups (broad SMARTS) is 1. The molecule has 0 amide bonds. The summed E-state index contributed by atoms with van der Waals surface area (Å²) in [6.07, 6.45) is 0. The fourth-order valence-corrected chi connectivity index (χ4v) is 1.44. The summed E-state index contributed by atoms with van der Waals surface area (Å²) < 4.78 is 57.0. The first kappa shape index (κ1) is 16.2. The highest BCUT2D eigenvalue weighted by atomic mass is 19.2. The average molecular weight is 295 g/mol. The van der Waals surface area contributed by atoms with Crippen LogP contribution < -0.4 is 10.1 Å². The second kappa shape index (κ2) is 6.56. The van der Waals surface area contributed by atoms with Gasteiger partial charge in [-0.1, -0.05) is 13.8 Å². The molecule has 0 fully saturated rings. The molecule has 0 aliphatic carbocycles. The lowest BCUT2D eigenvalue weighted by Crippen LogP contribution is -2.45. The van der Waals surface area contributed by atoms with E-state index < -0.39 is 47.6 Å². The summed E-state index contributed by atoms with van der Waals surface area (Å²) in [6.45, 7) is 2.61. The minimum atomic E-state index is -1.71. The molecule has 0 heterocycles. The molecule has 2 N–H and O–H groups in total. The zero-order valence-corrected chi connectivity index (χ0v) is 10.7. The number of ether oxygens (including phenoxy) is 1. The number of nitrogens with one attached hydrogen (secondary N) is 1. The Kier molecular flexibility index (Phi) is 5.32. The van der Waals surface area contributed by atoms with Gasteiger partial charge in [-0.15, -0.1) is 0 Å². The molecule has 0 aromatic heterocycles. The van der Waals surface area contributed by atoms with Gasteiger partial charge in [0.15, 0.2) is 17.4 Å². The minimum absolute atomic E-state index is 0.0403. The van der Waals surface area contributed by atoms with Gasteiger partial charge in [0.2, 0.25) is 11.6 Å². The molecule has 1 aromatic rings. The van der Waals surface area contributed by atoms with Crippen LogP contribution in [0, 0.1) is 23.3 Å². The van der Waals surface area contributed by atoms with Crippen molar-refractivity contribution in [1.29, 1.82) is 0 Å². The van der Waals surface area contributed by atoms with Crippen LogP contribution in [0.2, 0.25) is 0 Å². The third-order valence-corrected chi connectivity index (χ3v) is 2.30. The van der Waals surface area contributed by atoms with Crippen LogP contribution in [-0.2, 0) is 4.79 Å². The van der Waals surface area contributed by atoms with Gasteiger partial charge >= 0.3 is 5.97 Å². The van der Waals surface area contributed by atoms with Crippen molar-refractivity contribution in [1.82, 2.24) is 5.32 Å². The second-order valence-electron chi connectivity index (χ2n) is 4.32. The van der Waals surface area contributed by atoms with Crippen molar-refractivity contribution in [2.24, 2.45) is 0 Å². The summed E-state index contributed by atoms with van der Waals surface area (Å²) in [5.74, 6) is -9.27. The lowest BCUT2D eigenvalue weighted by atomic mass is 10.2. The van der Waals surface area contributed by atoms with Gasteiger partial charge in [-0.3, -0.25) is 10.1 Å². The number of benzene rings is 1. The molecule has 0 aliphatic rings. The van der Waals surface area contributed by atoms with Crippen LogP contribution in [0.25, 0.3) is 0 Å². The third kappa shape index (κ3) is 3.83. The quantitative estimate of drug-likeness (QED) is 0.623. The number of halogens is 4. The lowest BCUT2D eigenvalue weighted by Gasteiger charge is -2.18. The molecule has 0 spiro atoms. The average Bonchev–Trinajstić information content (AvgIpc) is 2.34. The number of hydrogen-bond acceptors (Lipinski definition) is 3. The van der Waals surface area contributed by atoms with E-state index in [-0.39, 0.29) is 12.1 Å². The molecular weight excluding hydrogens is 282 g/mol. The summed E-state index contributed by atoms with van der Waals surface area (Å²) in [6, 6.07) is -1.47. The normalized spacial score (nSPS) is 12.6. The largest absolute Gasteiger partial charge is 0.485 e. The number of rotatable bonds is 6. The molecule has 112 valence electrons. The van der Waals surface area contributed by atoms with E-state index in [2.05, 4.69) is 10.1 Å². The molecule has 20 heavy (non-hydrogen) atoms. The first-order chi connectivity index (χ1) is 9.23. The van der Waals surface area contributed by atoms with Gasteiger partial charge in [0.25, 0.3) is 0 Å². The van der Waals surface area contributed by atoms with Crippen LogP contribution >= 0.6 is 0 Å². The van der Waals surface area contributed by atoms with E-state index in [1.54, 1.807) is 13.8 Å². The molecule has 0 radical (unpaired) electrons. The molecule has 4 nitrogen and oxygen atoms in total. The molecule has 0 aliphatic heterocycles. The van der Waals surface area contributed by atoms with Crippen molar-refractivity contribution in [3.05, 3.63) is 29.3 Å². The fourth-order valence-electron chi connectivity index (χ4n) is 1.44. The van der Waals surface area contributed by atoms with Crippen LogP contribution in [0.3, 0.4) is 0 Å². The summed E-state index contributed by atoms with van der Waals surface area (Å²) in [5.41, 5.74) is 0. The molecule has 0 saturated carbocycles. The van der Waals surface area contributed by atoms with Gasteiger partial charge in [-0.05, 0) is 0 Å². The standard InChI is InChI=1S/C12H13F4NO3/c1-5(2)17-8(12(18)19)4-20-11-9(15)6(13)3-7(14)10(11)16/h3,5,8,17H,4H2,1-2H3,(H,18,19). The van der Waals surface area contributed by atoms with Gasteiger partial charge in [0, 0.05) is 12.1 Å². The Hall–Kier alpha value is -1.83. The van der Waals surface area contributed by atoms with E-state index in [1.807, 2.05) is 0 Å². The van der Waals surface area contributed by atoms with E-state index in [1.165, 1.54) is 0 Å². The Labute approximate surface area is 112 Å². The maximum atomic E-state index is 13.3. The lowest BCUT2D eigenvalue weighted by molar-refractivity contribution is -0.140. The Morgan fingerprint density at radius 1 is 1.25 bits per heavy atom. The van der Waals surface area contributed by atoms with Crippen molar-refractivity contribution in [2.45, 2.75) is 25.9 Å². The molecular formula is C12H13F4NO3. The highest BCUT2D eigenvalue weighted by molar-refractivity contribution is 5.73. The van der Waals surface area contributed by atoms with Crippen molar-refractivity contribution in [3.8, 4) is 5.75 Å². The smallest absolute Gasteiger partial charge is 0.324 e. The topological polar surface area (TPSA) is 58.6 Å². The van der Waals surface area contributed by atoms with E-state index >= 15 is 0 Å². The maximum Gasteiger partial charge on any atom is 0.324 e. The molecule has 0 saturated heterocycles. The predicted octanol–water partition coefficient (Wildman–Crippen LogP) is 2.07. The van der Waals surface area contributed by atoms with Crippen molar-refractivity contribution >= 4 is 5.97 Å². The van der Waals surface area contributed by atoms with Gasteiger partial charge in [-0.25, -0.2) is 8.78 Å². The molecule has 0 bridgehead atoms. The molecule has 1 unspecified atom stereocenters. The fraction of sp³-hybridized carbons (Fsp3) is 0.417. The Balaban J connectivity index is 2.91. The number of carboxylic acids is 1. The Bertz CT molecular complexity index is 482. The zero-order valence-electron chi connectivity index (χ0n) is 10.7. The van der Waals surface area contributed by atoms with E-state index in [9.17, 15) is 22.4 Å². The number of carbonyl (C=O) groups is 1. The van der Waals surface area contributed by atoms with Crippen LogP contribution in [0.5, 0.6) is 5.75 Å². The van der Waals surface area contributed by atoms with Crippen LogP contribution in [0.15, 0.2) is 6.07 Å². The maximum absolute atomic E-state index is 13.3. The predicted molar refractivity (Wildman–Crippen MR) is 61.5 cm³/mol. The van der Waals surface area contributed by atoms with Gasteiger partial charge in [-0.2, -0.15) is 8.78 Å². The summed E-state index contributed by atoms with van der Waals surface area (Å²) in [4.78, 5) is 10.9. The monoisotopic (exact) mass is 295 g/mol. The number of hydrogen-bond donors (Lipinski definition) is 2. The highest BCUT2D eigenvalue weighted by Crippen LogP contribution is 2.26. The van der Waals surface area contributed by atoms with Crippen molar-refractivity contribution in [3.63, 3.8) is 0 Å². The van der Waals surface area contributed by atoms with E-state index in [0.717, 1.165) is 0 Å². The summed E-state index contributed by atoms with van der Waals surface area (Å²) in [5, 5.41) is 11.4. The Morgan fingerprint density at radius 2 is 1.75 bits per heavy atom. The van der Waals surface area contributed by atoms with Gasteiger partial charge in [0.1, 0.15) is 12.6 Å². The SMILES string of the molecule is CC(C)NC(COc1c(F)c(F)cc(F)c1F)C(=O)O. The zero-order chi connectivity index (χ0) is 15.4. The van der Waals surface area contributed by atoms with Crippen molar-refractivity contribution < 1.29 is 32.2 Å². The summed E-state index contributed by atoms with van der Waals surface area (Å²) >= 11 is 0. The minimum Gasteiger partial charge on any atom is -0.485 e. The Morgan fingerprint density at radius 3 is 2.15 bits per heavy atom. The van der Waals surface area contributed by atoms with Gasteiger partial charge in [0.05, 0.1) is 0 Å². The van der Waals surface area contributed by atoms with Crippen molar-refractivity contribution in [2.75, 3.05) is 6.61 Å². The van der Waals surface area contributed by atoms with Gasteiger partial charge < -0.3 is 9.84 Å². The van der Waals surface area contributed by atoms with Crippen LogP contribution in [0.1, 0.15) is 13.8 Å². The third-order valence-electron chi connectivity index (χ3n) is 2.30. The van der Waals surface area contributed by atoms with Crippen LogP contribution in [-0.4, -0.2) is 29.8 Å². The van der Waals surface area contributed by atoms with E-state index in [0.29, 0.717) is 0 Å². The first-order valence-corrected chi connectivity index (χ1v) is 5.68. The van der Waals surface area contributed by atoms with E-state index in [4.69, 9.17) is 5.11 Å². The first-order valence-electron chi connectivity index (χ1n) is 5.68.